The number of rotatable bonds is 8. The van der Waals surface area contributed by atoms with Crippen molar-refractivity contribution < 1.29 is 41.7 Å². The minimum atomic E-state index is -5.13. The molecule has 1 N–H and O–H groups in total. The van der Waals surface area contributed by atoms with Crippen molar-refractivity contribution in [2.24, 2.45) is 0 Å². The third-order valence-electron chi connectivity index (χ3n) is 8.03. The van der Waals surface area contributed by atoms with E-state index in [1.165, 1.54) is 37.8 Å². The van der Waals surface area contributed by atoms with Gasteiger partial charge in [-0.15, -0.1) is 0 Å². The Morgan fingerprint density at radius 3 is 2.33 bits per heavy atom. The maximum absolute atomic E-state index is 14.5. The smallest absolute Gasteiger partial charge is 0.432 e. The molecule has 2 aromatic heterocycles. The van der Waals surface area contributed by atoms with Crippen LogP contribution in [0.25, 0.3) is 11.2 Å². The van der Waals surface area contributed by atoms with Crippen LogP contribution in [0.15, 0.2) is 85.0 Å². The predicted molar refractivity (Wildman–Crippen MR) is 157 cm³/mol. The van der Waals surface area contributed by atoms with Crippen LogP contribution in [-0.2, 0) is 29.3 Å². The number of halogens is 3. The number of imidazole rings is 1. The summed E-state index contributed by atoms with van der Waals surface area (Å²) in [5.41, 5.74) is -2.29. The highest BCUT2D eigenvalue weighted by molar-refractivity contribution is 6.06. The Morgan fingerprint density at radius 1 is 1.00 bits per heavy atom. The summed E-state index contributed by atoms with van der Waals surface area (Å²) < 4.78 is 68.1. The highest BCUT2D eigenvalue weighted by Crippen LogP contribution is 2.47. The number of nitrogens with one attached hydrogen (secondary N) is 1. The molecule has 0 bridgehead atoms. The number of ether oxygens (including phenoxy) is 4. The Morgan fingerprint density at radius 2 is 1.67 bits per heavy atom. The summed E-state index contributed by atoms with van der Waals surface area (Å²) >= 11 is 0. The number of nitrogens with zero attached hydrogens (tertiary/aromatic N) is 4. The van der Waals surface area contributed by atoms with Crippen LogP contribution < -0.4 is 5.32 Å². The van der Waals surface area contributed by atoms with Gasteiger partial charge in [-0.1, -0.05) is 54.6 Å². The Bertz CT molecular complexity index is 1800. The zero-order valence-corrected chi connectivity index (χ0v) is 25.2. The van der Waals surface area contributed by atoms with Gasteiger partial charge in [-0.25, -0.2) is 19.7 Å². The van der Waals surface area contributed by atoms with E-state index in [2.05, 4.69) is 20.3 Å². The van der Waals surface area contributed by atoms with E-state index >= 15 is 0 Å². The van der Waals surface area contributed by atoms with Crippen molar-refractivity contribution in [1.29, 1.82) is 0 Å². The van der Waals surface area contributed by atoms with Crippen LogP contribution in [0.5, 0.6) is 0 Å². The van der Waals surface area contributed by atoms with Crippen molar-refractivity contribution in [3.8, 4) is 0 Å². The molecule has 14 heteroatoms. The van der Waals surface area contributed by atoms with Crippen LogP contribution in [0, 0.1) is 0 Å². The molecule has 5 atom stereocenters. The van der Waals surface area contributed by atoms with E-state index in [1.807, 2.05) is 0 Å². The fraction of sp³-hybridized carbons (Fsp3) is 0.344. The van der Waals surface area contributed by atoms with Crippen LogP contribution in [0.1, 0.15) is 42.7 Å². The third kappa shape index (κ3) is 5.31. The molecule has 0 spiro atoms. The Labute approximate surface area is 261 Å². The lowest BCUT2D eigenvalue weighted by atomic mass is 9.92. The second kappa shape index (κ2) is 11.6. The first kappa shape index (κ1) is 31.3. The van der Waals surface area contributed by atoms with Crippen LogP contribution in [0.2, 0.25) is 0 Å². The van der Waals surface area contributed by atoms with E-state index in [1.54, 1.807) is 54.8 Å². The highest BCUT2D eigenvalue weighted by atomic mass is 19.4. The lowest BCUT2D eigenvalue weighted by Crippen LogP contribution is -2.52. The summed E-state index contributed by atoms with van der Waals surface area (Å²) in [4.78, 5) is 39.3. The summed E-state index contributed by atoms with van der Waals surface area (Å²) in [6.45, 7) is 4.87. The van der Waals surface area contributed by atoms with Crippen LogP contribution in [0.3, 0.4) is 0 Å². The molecule has 2 aromatic carbocycles. The standard InChI is InChI=1S/C32H30F3N5O6/c1-18(44-29(42)31(43-4,32(33,34)35)20-13-9-6-10-14-20)21-15-22(25-24(21)45-30(2,3)46-25)40-17-38-23-26(36-16-37-27(23)40)39-28(41)19-11-7-5-8-12-19/h5-18,22,24-25H,1-4H3,(H,36,37,39,41)/t18-,22-,24-,25+,31-/m1/s1. The largest absolute Gasteiger partial charge is 0.455 e. The molecule has 1 amide bonds. The number of hydrogen-bond donors (Lipinski definition) is 1. The fourth-order valence-corrected chi connectivity index (χ4v) is 5.92. The van der Waals surface area contributed by atoms with Crippen molar-refractivity contribution in [2.75, 3.05) is 12.4 Å². The number of methoxy groups -OCH3 is 1. The zero-order valence-electron chi connectivity index (χ0n) is 25.2. The molecule has 240 valence electrons. The van der Waals surface area contributed by atoms with Gasteiger partial charge < -0.3 is 28.8 Å². The van der Waals surface area contributed by atoms with Gasteiger partial charge in [-0.05, 0) is 38.5 Å². The molecule has 2 aliphatic rings. The summed E-state index contributed by atoms with van der Waals surface area (Å²) in [7, 11) is 0.812. The molecule has 1 aliphatic heterocycles. The highest BCUT2D eigenvalue weighted by Gasteiger charge is 2.64. The van der Waals surface area contributed by atoms with Gasteiger partial charge in [0.15, 0.2) is 22.8 Å². The zero-order chi connectivity index (χ0) is 32.9. The van der Waals surface area contributed by atoms with Gasteiger partial charge in [-0.2, -0.15) is 13.2 Å². The average Bonchev–Trinajstić information content (AvgIpc) is 3.69. The molecular formula is C32H30F3N5O6. The van der Waals surface area contributed by atoms with Crippen LogP contribution in [0.4, 0.5) is 19.0 Å². The molecule has 6 rings (SSSR count). The second-order valence-electron chi connectivity index (χ2n) is 11.3. The van der Waals surface area contributed by atoms with Gasteiger partial charge in [0.1, 0.15) is 24.6 Å². The molecule has 0 radical (unpaired) electrons. The lowest BCUT2D eigenvalue weighted by molar-refractivity contribution is -0.277. The van der Waals surface area contributed by atoms with Gasteiger partial charge in [0, 0.05) is 18.2 Å². The molecule has 0 saturated carbocycles. The lowest BCUT2D eigenvalue weighted by Gasteiger charge is -2.33. The first-order chi connectivity index (χ1) is 21.9. The molecule has 46 heavy (non-hydrogen) atoms. The molecule has 0 unspecified atom stereocenters. The number of fused-ring (bicyclic) bond motifs is 2. The number of carbonyl (C=O) groups is 2. The van der Waals surface area contributed by atoms with Crippen molar-refractivity contribution >= 4 is 28.9 Å². The monoisotopic (exact) mass is 637 g/mol. The van der Waals surface area contributed by atoms with Crippen molar-refractivity contribution in [3.05, 3.63) is 96.1 Å². The third-order valence-corrected chi connectivity index (χ3v) is 8.03. The van der Waals surface area contributed by atoms with E-state index in [-0.39, 0.29) is 11.7 Å². The maximum Gasteiger partial charge on any atom is 0.432 e. The van der Waals surface area contributed by atoms with Gasteiger partial charge in [0.05, 0.1) is 12.4 Å². The molecule has 4 aromatic rings. The average molecular weight is 638 g/mol. The molecule has 11 nitrogen and oxygen atoms in total. The molecular weight excluding hydrogens is 607 g/mol. The van der Waals surface area contributed by atoms with E-state index in [0.717, 1.165) is 19.2 Å². The SMILES string of the molecule is CO[C@@](C(=O)O[C@H](C)C1=C[C@@H](n2cnc3c(NC(=O)c4ccccc4)ncnc32)[C@@H]2OC(C)(C)O[C@H]12)(c1ccccc1)C(F)(F)F. The quantitative estimate of drug-likeness (QED) is 0.207. The van der Waals surface area contributed by atoms with E-state index < -0.39 is 53.5 Å². The first-order valence-electron chi connectivity index (χ1n) is 14.4. The van der Waals surface area contributed by atoms with Gasteiger partial charge in [0.2, 0.25) is 0 Å². The summed E-state index contributed by atoms with van der Waals surface area (Å²) in [5.74, 6) is -2.89. The Hall–Kier alpha value is -4.66. The predicted octanol–water partition coefficient (Wildman–Crippen LogP) is 5.12. The topological polar surface area (TPSA) is 127 Å². The fourth-order valence-electron chi connectivity index (χ4n) is 5.92. The Kier molecular flexibility index (Phi) is 7.90. The molecule has 1 fully saturated rings. The number of alkyl halides is 3. The van der Waals surface area contributed by atoms with Crippen molar-refractivity contribution in [2.45, 2.75) is 62.7 Å². The summed E-state index contributed by atoms with van der Waals surface area (Å²) in [6, 6.07) is 14.6. The number of carbonyl (C=O) groups excluding carboxylic acids is 2. The number of amides is 1. The molecule has 3 heterocycles. The number of esters is 1. The number of anilines is 1. The van der Waals surface area contributed by atoms with E-state index in [9.17, 15) is 22.8 Å². The minimum Gasteiger partial charge on any atom is -0.455 e. The van der Waals surface area contributed by atoms with Crippen molar-refractivity contribution in [1.82, 2.24) is 19.5 Å². The van der Waals surface area contributed by atoms with E-state index in [0.29, 0.717) is 22.3 Å². The van der Waals surface area contributed by atoms with Gasteiger partial charge in [-0.3, -0.25) is 4.79 Å². The van der Waals surface area contributed by atoms with Crippen LogP contribution in [-0.4, -0.2) is 68.8 Å². The second-order valence-corrected chi connectivity index (χ2v) is 11.3. The molecule has 1 saturated heterocycles. The van der Waals surface area contributed by atoms with Crippen molar-refractivity contribution in [3.63, 3.8) is 0 Å². The Balaban J connectivity index is 1.33. The summed E-state index contributed by atoms with van der Waals surface area (Å²) in [5, 5.41) is 2.76. The number of aromatic nitrogens is 4. The number of hydrogen-bond acceptors (Lipinski definition) is 9. The first-order valence-corrected chi connectivity index (χ1v) is 14.4. The van der Waals surface area contributed by atoms with E-state index in [4.69, 9.17) is 18.9 Å². The minimum absolute atomic E-state index is 0.187. The van der Waals surface area contributed by atoms with Crippen LogP contribution >= 0.6 is 0 Å². The van der Waals surface area contributed by atoms with Gasteiger partial charge >= 0.3 is 12.1 Å². The van der Waals surface area contributed by atoms with Gasteiger partial charge in [0.25, 0.3) is 11.5 Å². The normalized spacial score (nSPS) is 22.5. The maximum atomic E-state index is 14.5. The number of benzene rings is 2. The molecule has 1 aliphatic carbocycles. The summed E-state index contributed by atoms with van der Waals surface area (Å²) in [6.07, 6.45) is -3.27.